The van der Waals surface area contributed by atoms with E-state index in [0.29, 0.717) is 11.6 Å². The van der Waals surface area contributed by atoms with Gasteiger partial charge in [-0.05, 0) is 13.0 Å². The van der Waals surface area contributed by atoms with Gasteiger partial charge in [0.2, 0.25) is 5.88 Å². The average Bonchev–Trinajstić information content (AvgIpc) is 2.28. The van der Waals surface area contributed by atoms with Gasteiger partial charge in [-0.25, -0.2) is 13.8 Å². The van der Waals surface area contributed by atoms with E-state index >= 15 is 0 Å². The fourth-order valence-electron chi connectivity index (χ4n) is 1.39. The summed E-state index contributed by atoms with van der Waals surface area (Å²) in [6, 6.07) is 0.773. The summed E-state index contributed by atoms with van der Waals surface area (Å²) >= 11 is 0. The maximum absolute atomic E-state index is 12.5. The Morgan fingerprint density at radius 1 is 1.41 bits per heavy atom. The van der Waals surface area contributed by atoms with Gasteiger partial charge in [-0.15, -0.1) is 0 Å². The van der Waals surface area contributed by atoms with Crippen LogP contribution in [0.1, 0.15) is 6.92 Å². The smallest absolute Gasteiger partial charge is 0.258 e. The van der Waals surface area contributed by atoms with E-state index in [1.807, 2.05) is 19.0 Å². The molecule has 1 N–H and O–H groups in total. The Morgan fingerprint density at radius 3 is 2.53 bits per heavy atom. The zero-order valence-electron chi connectivity index (χ0n) is 10.4. The number of hydrogen-bond donors (Lipinski definition) is 1. The molecule has 1 unspecified atom stereocenters. The largest absolute Gasteiger partial charge is 0.479 e. The van der Waals surface area contributed by atoms with Crippen molar-refractivity contribution in [3.8, 4) is 5.88 Å². The molecule has 0 aliphatic heterocycles. The molecule has 1 atom stereocenters. The third-order valence-electron chi connectivity index (χ3n) is 2.32. The highest BCUT2D eigenvalue weighted by Crippen LogP contribution is 2.32. The minimum absolute atomic E-state index is 0.309. The highest BCUT2D eigenvalue weighted by Gasteiger charge is 2.19. The summed E-state index contributed by atoms with van der Waals surface area (Å²) in [6.07, 6.45) is -0.873. The van der Waals surface area contributed by atoms with Crippen LogP contribution >= 0.6 is 0 Å². The number of methoxy groups -OCH3 is 1. The lowest BCUT2D eigenvalue weighted by molar-refractivity contribution is 0.130. The summed E-state index contributed by atoms with van der Waals surface area (Å²) < 4.78 is 30.2. The molecule has 0 spiro atoms. The highest BCUT2D eigenvalue weighted by molar-refractivity contribution is 5.74. The van der Waals surface area contributed by atoms with Crippen LogP contribution in [0, 0.1) is 0 Å². The van der Waals surface area contributed by atoms with E-state index in [2.05, 4.69) is 10.3 Å². The number of pyridine rings is 1. The third kappa shape index (κ3) is 3.18. The van der Waals surface area contributed by atoms with Gasteiger partial charge in [0, 0.05) is 20.3 Å². The molecule has 0 amide bonds. The Kier molecular flexibility index (Phi) is 4.48. The number of halogens is 2. The van der Waals surface area contributed by atoms with Crippen molar-refractivity contribution in [2.45, 2.75) is 19.4 Å². The summed E-state index contributed by atoms with van der Waals surface area (Å²) in [7, 11) is 5.11. The number of aromatic nitrogens is 1. The molecule has 1 aromatic rings. The van der Waals surface area contributed by atoms with Gasteiger partial charge in [-0.3, -0.25) is 0 Å². The summed E-state index contributed by atoms with van der Waals surface area (Å²) in [5.74, 6) is 0.309. The normalized spacial score (nSPS) is 12.4. The van der Waals surface area contributed by atoms with Gasteiger partial charge in [0.05, 0.1) is 18.8 Å². The van der Waals surface area contributed by atoms with E-state index < -0.39 is 12.5 Å². The van der Waals surface area contributed by atoms with Crippen molar-refractivity contribution in [3.63, 3.8) is 0 Å². The lowest BCUT2D eigenvalue weighted by Crippen LogP contribution is -2.25. The van der Waals surface area contributed by atoms with Gasteiger partial charge >= 0.3 is 0 Å². The van der Waals surface area contributed by atoms with Crippen LogP contribution in [0.2, 0.25) is 0 Å². The second kappa shape index (κ2) is 5.65. The van der Waals surface area contributed by atoms with Gasteiger partial charge in [0.1, 0.15) is 5.69 Å². The standard InChI is InChI=1S/C11H17F2N3O/c1-7(10(12)13)15-9-8(16(2)3)5-6-14-11(9)17-4/h5-7,10,15H,1-4H3. The fourth-order valence-corrected chi connectivity index (χ4v) is 1.39. The third-order valence-corrected chi connectivity index (χ3v) is 2.32. The van der Waals surface area contributed by atoms with Crippen molar-refractivity contribution in [1.82, 2.24) is 4.98 Å². The van der Waals surface area contributed by atoms with Gasteiger partial charge < -0.3 is 15.0 Å². The molecule has 0 radical (unpaired) electrons. The van der Waals surface area contributed by atoms with E-state index in [-0.39, 0.29) is 0 Å². The zero-order chi connectivity index (χ0) is 13.0. The predicted octanol–water partition coefficient (Wildman–Crippen LogP) is 2.22. The molecule has 0 saturated heterocycles. The van der Waals surface area contributed by atoms with Gasteiger partial charge in [-0.2, -0.15) is 0 Å². The number of rotatable bonds is 5. The topological polar surface area (TPSA) is 37.4 Å². The molecule has 0 aromatic carbocycles. The Balaban J connectivity index is 3.09. The number of nitrogens with zero attached hydrogens (tertiary/aromatic N) is 2. The van der Waals surface area contributed by atoms with Crippen molar-refractivity contribution in [3.05, 3.63) is 12.3 Å². The van der Waals surface area contributed by atoms with E-state index in [1.54, 1.807) is 12.3 Å². The molecule has 1 heterocycles. The SMILES string of the molecule is COc1nccc(N(C)C)c1NC(C)C(F)F. The number of anilines is 2. The predicted molar refractivity (Wildman–Crippen MR) is 64.2 cm³/mol. The van der Waals surface area contributed by atoms with Crippen molar-refractivity contribution in [2.75, 3.05) is 31.4 Å². The first-order valence-electron chi connectivity index (χ1n) is 5.22. The Bertz CT molecular complexity index is 372. The van der Waals surface area contributed by atoms with Crippen LogP contribution in [-0.2, 0) is 0 Å². The van der Waals surface area contributed by atoms with Crippen LogP contribution in [0.15, 0.2) is 12.3 Å². The molecule has 96 valence electrons. The molecule has 4 nitrogen and oxygen atoms in total. The monoisotopic (exact) mass is 245 g/mol. The summed E-state index contributed by atoms with van der Waals surface area (Å²) in [5, 5.41) is 2.73. The number of alkyl halides is 2. The van der Waals surface area contributed by atoms with Gasteiger partial charge in [0.15, 0.2) is 0 Å². The lowest BCUT2D eigenvalue weighted by Gasteiger charge is -2.22. The van der Waals surface area contributed by atoms with Gasteiger partial charge in [0.25, 0.3) is 6.43 Å². The molecule has 0 saturated carbocycles. The van der Waals surface area contributed by atoms with E-state index in [0.717, 1.165) is 5.69 Å². The first-order chi connectivity index (χ1) is 7.97. The molecule has 1 rings (SSSR count). The lowest BCUT2D eigenvalue weighted by atomic mass is 10.2. The summed E-state index contributed by atoms with van der Waals surface area (Å²) in [5.41, 5.74) is 1.23. The van der Waals surface area contributed by atoms with Crippen molar-refractivity contribution < 1.29 is 13.5 Å². The number of ether oxygens (including phenoxy) is 1. The minimum atomic E-state index is -2.45. The first kappa shape index (κ1) is 13.5. The van der Waals surface area contributed by atoms with Crippen molar-refractivity contribution in [1.29, 1.82) is 0 Å². The number of nitrogens with one attached hydrogen (secondary N) is 1. The average molecular weight is 245 g/mol. The minimum Gasteiger partial charge on any atom is -0.479 e. The van der Waals surface area contributed by atoms with Crippen LogP contribution < -0.4 is 15.0 Å². The quantitative estimate of drug-likeness (QED) is 0.863. The molecule has 0 aliphatic rings. The van der Waals surface area contributed by atoms with Crippen LogP contribution in [-0.4, -0.2) is 38.7 Å². The summed E-state index contributed by atoms with van der Waals surface area (Å²) in [4.78, 5) is 5.81. The summed E-state index contributed by atoms with van der Waals surface area (Å²) in [6.45, 7) is 1.41. The second-order valence-corrected chi connectivity index (χ2v) is 3.88. The van der Waals surface area contributed by atoms with Crippen LogP contribution in [0.25, 0.3) is 0 Å². The maximum Gasteiger partial charge on any atom is 0.258 e. The number of hydrogen-bond acceptors (Lipinski definition) is 4. The molecular weight excluding hydrogens is 228 g/mol. The fraction of sp³-hybridized carbons (Fsp3) is 0.545. The van der Waals surface area contributed by atoms with E-state index in [1.165, 1.54) is 14.0 Å². The molecule has 1 aromatic heterocycles. The molecule has 0 fully saturated rings. The zero-order valence-corrected chi connectivity index (χ0v) is 10.4. The van der Waals surface area contributed by atoms with Crippen molar-refractivity contribution in [2.24, 2.45) is 0 Å². The van der Waals surface area contributed by atoms with E-state index in [9.17, 15) is 8.78 Å². The molecular formula is C11H17F2N3O. The molecule has 0 bridgehead atoms. The Labute approximate surface area is 99.6 Å². The van der Waals surface area contributed by atoms with Gasteiger partial charge in [-0.1, -0.05) is 0 Å². The van der Waals surface area contributed by atoms with Crippen LogP contribution in [0.3, 0.4) is 0 Å². The first-order valence-corrected chi connectivity index (χ1v) is 5.22. The molecule has 0 aliphatic carbocycles. The van der Waals surface area contributed by atoms with Crippen LogP contribution in [0.5, 0.6) is 5.88 Å². The second-order valence-electron chi connectivity index (χ2n) is 3.88. The Hall–Kier alpha value is -1.59. The molecule has 17 heavy (non-hydrogen) atoms. The Morgan fingerprint density at radius 2 is 2.06 bits per heavy atom. The highest BCUT2D eigenvalue weighted by atomic mass is 19.3. The van der Waals surface area contributed by atoms with Crippen molar-refractivity contribution >= 4 is 11.4 Å². The van der Waals surface area contributed by atoms with E-state index in [4.69, 9.17) is 4.74 Å². The maximum atomic E-state index is 12.5. The van der Waals surface area contributed by atoms with Crippen LogP contribution in [0.4, 0.5) is 20.2 Å². The molecule has 6 heteroatoms.